The average Bonchev–Trinajstić information content (AvgIpc) is 3.68. The van der Waals surface area contributed by atoms with Crippen molar-refractivity contribution < 1.29 is 0 Å². The molecule has 0 spiro atoms. The molecule has 0 radical (unpaired) electrons. The number of hydrogen-bond acceptors (Lipinski definition) is 3. The quantitative estimate of drug-likeness (QED) is 0.188. The number of benzene rings is 7. The molecule has 45 heavy (non-hydrogen) atoms. The van der Waals surface area contributed by atoms with Crippen molar-refractivity contribution in [1.82, 2.24) is 0 Å². The molecule has 0 amide bonds. The van der Waals surface area contributed by atoms with Gasteiger partial charge in [0.1, 0.15) is 0 Å². The minimum atomic E-state index is 1.13. The maximum Gasteiger partial charge on any atom is 0.0718 e. The number of fused-ring (bicyclic) bond motifs is 6. The van der Waals surface area contributed by atoms with Crippen LogP contribution >= 0.6 is 22.7 Å². The highest BCUT2D eigenvalue weighted by Gasteiger charge is 2.23. The summed E-state index contributed by atoms with van der Waals surface area (Å²) in [7, 11) is 0. The Balaban J connectivity index is 1.36. The molecule has 0 aliphatic heterocycles. The SMILES string of the molecule is c1ccc(-c2ccc(N(c3ccc4sc5ccccc5c4c3)c3c(-c4ccccc4)ccc4c3sc3ccccc34)cc2)cc1. The van der Waals surface area contributed by atoms with Crippen LogP contribution in [0.4, 0.5) is 17.1 Å². The Morgan fingerprint density at radius 1 is 0.356 bits per heavy atom. The molecule has 0 N–H and O–H groups in total. The molecule has 0 aliphatic carbocycles. The van der Waals surface area contributed by atoms with Crippen molar-refractivity contribution >= 4 is 80.1 Å². The fraction of sp³-hybridized carbons (Fsp3) is 0. The molecule has 0 saturated carbocycles. The van der Waals surface area contributed by atoms with Gasteiger partial charge in [-0.25, -0.2) is 0 Å². The van der Waals surface area contributed by atoms with E-state index in [2.05, 4.69) is 169 Å². The molecule has 0 fully saturated rings. The van der Waals surface area contributed by atoms with E-state index in [1.807, 2.05) is 22.7 Å². The van der Waals surface area contributed by atoms with Crippen molar-refractivity contribution in [2.75, 3.05) is 4.90 Å². The number of nitrogens with zero attached hydrogens (tertiary/aromatic N) is 1. The Morgan fingerprint density at radius 3 is 1.64 bits per heavy atom. The monoisotopic (exact) mass is 609 g/mol. The number of anilines is 3. The molecule has 2 heterocycles. The summed E-state index contributed by atoms with van der Waals surface area (Å²) < 4.78 is 5.22. The van der Waals surface area contributed by atoms with E-state index in [4.69, 9.17) is 0 Å². The first-order chi connectivity index (χ1) is 22.3. The van der Waals surface area contributed by atoms with Gasteiger partial charge in [-0.2, -0.15) is 0 Å². The Hall–Kier alpha value is -5.22. The zero-order chi connectivity index (χ0) is 29.7. The Bertz CT molecular complexity index is 2470. The van der Waals surface area contributed by atoms with Crippen LogP contribution < -0.4 is 4.90 Å². The summed E-state index contributed by atoms with van der Waals surface area (Å²) in [5, 5.41) is 5.20. The van der Waals surface area contributed by atoms with Gasteiger partial charge in [0.05, 0.1) is 10.4 Å². The lowest BCUT2D eigenvalue weighted by atomic mass is 9.98. The number of thiophene rings is 2. The maximum absolute atomic E-state index is 2.49. The van der Waals surface area contributed by atoms with Gasteiger partial charge < -0.3 is 4.90 Å². The van der Waals surface area contributed by atoms with E-state index in [1.54, 1.807) is 0 Å². The molecule has 212 valence electrons. The summed E-state index contributed by atoms with van der Waals surface area (Å²) in [6.45, 7) is 0. The number of rotatable bonds is 5. The van der Waals surface area contributed by atoms with E-state index in [0.29, 0.717) is 0 Å². The minimum absolute atomic E-state index is 1.13. The van der Waals surface area contributed by atoms with Crippen LogP contribution in [0.5, 0.6) is 0 Å². The van der Waals surface area contributed by atoms with Crippen molar-refractivity contribution in [3.8, 4) is 22.3 Å². The molecule has 0 atom stereocenters. The van der Waals surface area contributed by atoms with Crippen molar-refractivity contribution in [1.29, 1.82) is 0 Å². The second kappa shape index (κ2) is 10.7. The standard InChI is InChI=1S/C42H27NS2/c1-3-11-28(12-4-1)29-19-21-31(22-20-29)43(32-23-26-40-37(27-32)35-16-8-9-17-38(35)44-40)41-33(30-13-5-2-6-14-30)24-25-36-34-15-7-10-18-39(34)45-42(36)41/h1-27H. The Morgan fingerprint density at radius 2 is 0.911 bits per heavy atom. The van der Waals surface area contributed by atoms with Gasteiger partial charge in [0.15, 0.2) is 0 Å². The van der Waals surface area contributed by atoms with E-state index in [9.17, 15) is 0 Å². The lowest BCUT2D eigenvalue weighted by Crippen LogP contribution is -2.11. The van der Waals surface area contributed by atoms with Crippen molar-refractivity contribution in [2.45, 2.75) is 0 Å². The predicted molar refractivity (Wildman–Crippen MR) is 198 cm³/mol. The van der Waals surface area contributed by atoms with E-state index in [-0.39, 0.29) is 0 Å². The van der Waals surface area contributed by atoms with Gasteiger partial charge in [0.25, 0.3) is 0 Å². The molecule has 0 saturated heterocycles. The number of hydrogen-bond donors (Lipinski definition) is 0. The zero-order valence-electron chi connectivity index (χ0n) is 24.4. The summed E-state index contributed by atoms with van der Waals surface area (Å²) in [5.41, 5.74) is 8.36. The maximum atomic E-state index is 2.49. The van der Waals surface area contributed by atoms with Crippen LogP contribution in [0.1, 0.15) is 0 Å². The van der Waals surface area contributed by atoms with Gasteiger partial charge in [0.2, 0.25) is 0 Å². The molecule has 2 aromatic heterocycles. The van der Waals surface area contributed by atoms with Crippen molar-refractivity contribution in [3.63, 3.8) is 0 Å². The highest BCUT2D eigenvalue weighted by molar-refractivity contribution is 7.26. The molecule has 0 bridgehead atoms. The highest BCUT2D eigenvalue weighted by Crippen LogP contribution is 2.50. The van der Waals surface area contributed by atoms with Gasteiger partial charge >= 0.3 is 0 Å². The third-order valence-electron chi connectivity index (χ3n) is 8.68. The predicted octanol–water partition coefficient (Wildman–Crippen LogP) is 13.2. The highest BCUT2D eigenvalue weighted by atomic mass is 32.1. The summed E-state index contributed by atoms with van der Waals surface area (Å²) in [6, 6.07) is 59.7. The smallest absolute Gasteiger partial charge is 0.0718 e. The normalized spacial score (nSPS) is 11.6. The van der Waals surface area contributed by atoms with Gasteiger partial charge in [-0.1, -0.05) is 121 Å². The first kappa shape index (κ1) is 26.2. The van der Waals surface area contributed by atoms with Crippen LogP contribution in [0.2, 0.25) is 0 Å². The summed E-state index contributed by atoms with van der Waals surface area (Å²) in [4.78, 5) is 2.49. The van der Waals surface area contributed by atoms with Crippen LogP contribution in [-0.4, -0.2) is 0 Å². The van der Waals surface area contributed by atoms with Gasteiger partial charge in [-0.3, -0.25) is 0 Å². The lowest BCUT2D eigenvalue weighted by Gasteiger charge is -2.29. The first-order valence-electron chi connectivity index (χ1n) is 15.2. The lowest BCUT2D eigenvalue weighted by molar-refractivity contribution is 1.31. The van der Waals surface area contributed by atoms with Crippen LogP contribution in [-0.2, 0) is 0 Å². The molecule has 0 aliphatic rings. The van der Waals surface area contributed by atoms with Crippen LogP contribution in [0.15, 0.2) is 164 Å². The molecule has 0 unspecified atom stereocenters. The molecular formula is C42H27NS2. The van der Waals surface area contributed by atoms with E-state index < -0.39 is 0 Å². The van der Waals surface area contributed by atoms with Crippen LogP contribution in [0, 0.1) is 0 Å². The second-order valence-corrected chi connectivity index (χ2v) is 13.5. The topological polar surface area (TPSA) is 3.24 Å². The van der Waals surface area contributed by atoms with Gasteiger partial charge in [0, 0.05) is 52.6 Å². The second-order valence-electron chi connectivity index (χ2n) is 11.3. The summed E-state index contributed by atoms with van der Waals surface area (Å²) >= 11 is 3.75. The van der Waals surface area contributed by atoms with E-state index in [1.165, 1.54) is 68.3 Å². The van der Waals surface area contributed by atoms with Crippen molar-refractivity contribution in [3.05, 3.63) is 164 Å². The Kier molecular flexibility index (Phi) is 6.26. The fourth-order valence-electron chi connectivity index (χ4n) is 6.54. The van der Waals surface area contributed by atoms with E-state index in [0.717, 1.165) is 11.4 Å². The molecule has 9 aromatic rings. The summed E-state index contributed by atoms with van der Waals surface area (Å²) in [5.74, 6) is 0. The average molecular weight is 610 g/mol. The van der Waals surface area contributed by atoms with Crippen molar-refractivity contribution in [2.24, 2.45) is 0 Å². The zero-order valence-corrected chi connectivity index (χ0v) is 26.0. The molecular weight excluding hydrogens is 583 g/mol. The molecule has 7 aromatic carbocycles. The molecule has 3 heteroatoms. The van der Waals surface area contributed by atoms with Crippen LogP contribution in [0.25, 0.3) is 62.6 Å². The Labute approximate surface area is 269 Å². The van der Waals surface area contributed by atoms with Gasteiger partial charge in [-0.05, 0) is 59.2 Å². The van der Waals surface area contributed by atoms with Crippen LogP contribution in [0.3, 0.4) is 0 Å². The first-order valence-corrected chi connectivity index (χ1v) is 16.8. The molecule has 9 rings (SSSR count). The third kappa shape index (κ3) is 4.43. The largest absolute Gasteiger partial charge is 0.308 e. The van der Waals surface area contributed by atoms with Gasteiger partial charge in [-0.15, -0.1) is 22.7 Å². The molecule has 1 nitrogen and oxygen atoms in total. The third-order valence-corrected chi connectivity index (χ3v) is 11.0. The minimum Gasteiger partial charge on any atom is -0.308 e. The summed E-state index contributed by atoms with van der Waals surface area (Å²) in [6.07, 6.45) is 0. The van der Waals surface area contributed by atoms with E-state index >= 15 is 0 Å². The fourth-order valence-corrected chi connectivity index (χ4v) is 8.87.